The molecule has 0 radical (unpaired) electrons. The molecule has 0 saturated carbocycles. The van der Waals surface area contributed by atoms with Crippen molar-refractivity contribution in [3.63, 3.8) is 0 Å². The molecule has 1 saturated heterocycles. The zero-order valence-electron chi connectivity index (χ0n) is 12.7. The summed E-state index contributed by atoms with van der Waals surface area (Å²) in [7, 11) is 0. The summed E-state index contributed by atoms with van der Waals surface area (Å²) in [6.45, 7) is 2.59. The number of benzene rings is 1. The molecule has 1 aromatic carbocycles. The first kappa shape index (κ1) is 16.7. The number of primary amides is 1. The SMILES string of the molecule is NC(=O)OC1CCN(C(CO)COCc2ccccc2)CC1. The molecule has 1 heterocycles. The van der Waals surface area contributed by atoms with Crippen LogP contribution in [0.1, 0.15) is 18.4 Å². The van der Waals surface area contributed by atoms with Gasteiger partial charge in [0.25, 0.3) is 0 Å². The molecule has 0 spiro atoms. The molecule has 0 aromatic heterocycles. The highest BCUT2D eigenvalue weighted by molar-refractivity contribution is 5.64. The lowest BCUT2D eigenvalue weighted by Gasteiger charge is -2.36. The Bertz CT molecular complexity index is 447. The minimum absolute atomic E-state index is 0.0294. The number of hydrogen-bond acceptors (Lipinski definition) is 5. The molecule has 1 aliphatic rings. The number of aliphatic hydroxyl groups excluding tert-OH is 1. The van der Waals surface area contributed by atoms with E-state index in [0.717, 1.165) is 31.5 Å². The quantitative estimate of drug-likeness (QED) is 0.788. The van der Waals surface area contributed by atoms with Crippen molar-refractivity contribution in [3.05, 3.63) is 35.9 Å². The zero-order chi connectivity index (χ0) is 15.8. The van der Waals surface area contributed by atoms with E-state index in [1.54, 1.807) is 0 Å². The Hall–Kier alpha value is -1.63. The molecule has 1 atom stereocenters. The van der Waals surface area contributed by atoms with Crippen molar-refractivity contribution < 1.29 is 19.4 Å². The van der Waals surface area contributed by atoms with Crippen molar-refractivity contribution >= 4 is 6.09 Å². The van der Waals surface area contributed by atoms with Crippen LogP contribution in [-0.4, -0.2) is 54.5 Å². The van der Waals surface area contributed by atoms with Gasteiger partial charge in [0.1, 0.15) is 6.10 Å². The van der Waals surface area contributed by atoms with Crippen LogP contribution in [0.5, 0.6) is 0 Å². The number of nitrogens with two attached hydrogens (primary N) is 1. The second kappa shape index (κ2) is 8.73. The Morgan fingerprint density at radius 2 is 2.00 bits per heavy atom. The molecular weight excluding hydrogens is 284 g/mol. The molecule has 1 aliphatic heterocycles. The van der Waals surface area contributed by atoms with E-state index in [9.17, 15) is 9.90 Å². The lowest BCUT2D eigenvalue weighted by molar-refractivity contribution is -0.00824. The Morgan fingerprint density at radius 1 is 1.32 bits per heavy atom. The maximum absolute atomic E-state index is 10.7. The largest absolute Gasteiger partial charge is 0.446 e. The second-order valence-corrected chi connectivity index (χ2v) is 5.51. The van der Waals surface area contributed by atoms with Crippen molar-refractivity contribution in [2.75, 3.05) is 26.3 Å². The molecule has 1 unspecified atom stereocenters. The molecule has 1 amide bonds. The maximum atomic E-state index is 10.7. The highest BCUT2D eigenvalue weighted by Crippen LogP contribution is 2.16. The van der Waals surface area contributed by atoms with Gasteiger partial charge in [-0.2, -0.15) is 0 Å². The van der Waals surface area contributed by atoms with Crippen LogP contribution in [-0.2, 0) is 16.1 Å². The van der Waals surface area contributed by atoms with E-state index in [0.29, 0.717) is 13.2 Å². The Kier molecular flexibility index (Phi) is 6.64. The summed E-state index contributed by atoms with van der Waals surface area (Å²) >= 11 is 0. The first-order chi connectivity index (χ1) is 10.7. The van der Waals surface area contributed by atoms with Crippen LogP contribution < -0.4 is 5.73 Å². The molecule has 1 aromatic rings. The number of piperidine rings is 1. The van der Waals surface area contributed by atoms with Gasteiger partial charge in [0.05, 0.1) is 25.9 Å². The summed E-state index contributed by atoms with van der Waals surface area (Å²) in [6, 6.07) is 9.93. The maximum Gasteiger partial charge on any atom is 0.404 e. The monoisotopic (exact) mass is 308 g/mol. The van der Waals surface area contributed by atoms with Crippen LogP contribution in [0.4, 0.5) is 4.79 Å². The van der Waals surface area contributed by atoms with Crippen LogP contribution in [0.15, 0.2) is 30.3 Å². The summed E-state index contributed by atoms with van der Waals surface area (Å²) in [5.41, 5.74) is 6.15. The minimum Gasteiger partial charge on any atom is -0.446 e. The smallest absolute Gasteiger partial charge is 0.404 e. The van der Waals surface area contributed by atoms with Crippen molar-refractivity contribution in [2.24, 2.45) is 5.73 Å². The number of likely N-dealkylation sites (tertiary alicyclic amines) is 1. The average Bonchev–Trinajstić information content (AvgIpc) is 2.53. The zero-order valence-corrected chi connectivity index (χ0v) is 12.7. The van der Waals surface area contributed by atoms with Crippen LogP contribution >= 0.6 is 0 Å². The molecule has 3 N–H and O–H groups in total. The first-order valence-corrected chi connectivity index (χ1v) is 7.61. The second-order valence-electron chi connectivity index (χ2n) is 5.51. The van der Waals surface area contributed by atoms with Gasteiger partial charge < -0.3 is 20.3 Å². The lowest BCUT2D eigenvalue weighted by Crippen LogP contribution is -2.47. The highest BCUT2D eigenvalue weighted by Gasteiger charge is 2.26. The van der Waals surface area contributed by atoms with Gasteiger partial charge >= 0.3 is 6.09 Å². The van der Waals surface area contributed by atoms with E-state index in [1.165, 1.54) is 0 Å². The first-order valence-electron chi connectivity index (χ1n) is 7.61. The van der Waals surface area contributed by atoms with Gasteiger partial charge in [0.2, 0.25) is 0 Å². The lowest BCUT2D eigenvalue weighted by atomic mass is 10.1. The van der Waals surface area contributed by atoms with Crippen molar-refractivity contribution in [1.29, 1.82) is 0 Å². The molecular formula is C16H24N2O4. The molecule has 6 heteroatoms. The van der Waals surface area contributed by atoms with Crippen LogP contribution in [0, 0.1) is 0 Å². The predicted octanol–water partition coefficient (Wildman–Crippen LogP) is 1.12. The van der Waals surface area contributed by atoms with Gasteiger partial charge in [-0.3, -0.25) is 4.90 Å². The van der Waals surface area contributed by atoms with Gasteiger partial charge in [-0.25, -0.2) is 4.79 Å². The standard InChI is InChI=1S/C16H24N2O4/c17-16(20)22-15-6-8-18(9-7-15)14(10-19)12-21-11-13-4-2-1-3-5-13/h1-5,14-15,19H,6-12H2,(H2,17,20). The highest BCUT2D eigenvalue weighted by atomic mass is 16.6. The van der Waals surface area contributed by atoms with E-state index in [2.05, 4.69) is 4.90 Å². The van der Waals surface area contributed by atoms with E-state index < -0.39 is 6.09 Å². The third kappa shape index (κ3) is 5.29. The molecule has 122 valence electrons. The third-order valence-electron chi connectivity index (χ3n) is 3.91. The molecule has 0 bridgehead atoms. The average molecular weight is 308 g/mol. The number of hydrogen-bond donors (Lipinski definition) is 2. The number of rotatable bonds is 7. The predicted molar refractivity (Wildman–Crippen MR) is 82.2 cm³/mol. The van der Waals surface area contributed by atoms with Crippen molar-refractivity contribution in [2.45, 2.75) is 31.6 Å². The van der Waals surface area contributed by atoms with E-state index in [4.69, 9.17) is 15.2 Å². The Labute approximate surface area is 130 Å². The van der Waals surface area contributed by atoms with E-state index >= 15 is 0 Å². The van der Waals surface area contributed by atoms with E-state index in [1.807, 2.05) is 30.3 Å². The Balaban J connectivity index is 1.72. The summed E-state index contributed by atoms with van der Waals surface area (Å²) in [4.78, 5) is 12.9. The van der Waals surface area contributed by atoms with Crippen LogP contribution in [0.25, 0.3) is 0 Å². The number of amides is 1. The molecule has 22 heavy (non-hydrogen) atoms. The van der Waals surface area contributed by atoms with Gasteiger partial charge in [-0.05, 0) is 18.4 Å². The number of aliphatic hydroxyl groups is 1. The molecule has 2 rings (SSSR count). The number of carbonyl (C=O) groups is 1. The molecule has 6 nitrogen and oxygen atoms in total. The summed E-state index contributed by atoms with van der Waals surface area (Å²) in [6.07, 6.45) is 0.637. The van der Waals surface area contributed by atoms with Gasteiger partial charge in [0, 0.05) is 13.1 Å². The topological polar surface area (TPSA) is 85.0 Å². The molecule has 0 aliphatic carbocycles. The van der Waals surface area contributed by atoms with Gasteiger partial charge in [-0.15, -0.1) is 0 Å². The number of carbonyl (C=O) groups excluding carboxylic acids is 1. The van der Waals surface area contributed by atoms with Crippen molar-refractivity contribution in [3.8, 4) is 0 Å². The fourth-order valence-electron chi connectivity index (χ4n) is 2.68. The normalized spacial score (nSPS) is 18.0. The minimum atomic E-state index is -0.719. The van der Waals surface area contributed by atoms with Crippen LogP contribution in [0.2, 0.25) is 0 Å². The van der Waals surface area contributed by atoms with Gasteiger partial charge in [-0.1, -0.05) is 30.3 Å². The van der Waals surface area contributed by atoms with Gasteiger partial charge in [0.15, 0.2) is 0 Å². The fourth-order valence-corrected chi connectivity index (χ4v) is 2.68. The van der Waals surface area contributed by atoms with Crippen LogP contribution in [0.3, 0.4) is 0 Å². The summed E-state index contributed by atoms with van der Waals surface area (Å²) < 4.78 is 10.7. The summed E-state index contributed by atoms with van der Waals surface area (Å²) in [5.74, 6) is 0. The summed E-state index contributed by atoms with van der Waals surface area (Å²) in [5, 5.41) is 9.56. The van der Waals surface area contributed by atoms with Crippen molar-refractivity contribution in [1.82, 2.24) is 4.90 Å². The third-order valence-corrected chi connectivity index (χ3v) is 3.91. The number of ether oxygens (including phenoxy) is 2. The molecule has 1 fully saturated rings. The fraction of sp³-hybridized carbons (Fsp3) is 0.562. The number of nitrogens with zero attached hydrogens (tertiary/aromatic N) is 1. The van der Waals surface area contributed by atoms with E-state index in [-0.39, 0.29) is 18.8 Å². The Morgan fingerprint density at radius 3 is 2.59 bits per heavy atom.